The fraction of sp³-hybridized carbons (Fsp3) is 0.611. The molecule has 1 aromatic carbocycles. The van der Waals surface area contributed by atoms with Gasteiger partial charge < -0.3 is 15.0 Å². The van der Waals surface area contributed by atoms with Crippen molar-refractivity contribution in [2.45, 2.75) is 32.3 Å². The summed E-state index contributed by atoms with van der Waals surface area (Å²) in [5.41, 5.74) is 0. The lowest BCUT2D eigenvalue weighted by molar-refractivity contribution is -0.138. The van der Waals surface area contributed by atoms with Gasteiger partial charge in [0.15, 0.2) is 6.10 Å². The number of likely N-dealkylation sites (tertiary alicyclic amines) is 1. The molecule has 1 unspecified atom stereocenters. The van der Waals surface area contributed by atoms with Gasteiger partial charge in [-0.3, -0.25) is 4.79 Å². The van der Waals surface area contributed by atoms with E-state index in [-0.39, 0.29) is 18.3 Å². The Hall–Kier alpha value is -0.970. The minimum absolute atomic E-state index is 0. The van der Waals surface area contributed by atoms with Crippen LogP contribution in [0.3, 0.4) is 0 Å². The Kier molecular flexibility index (Phi) is 7.20. The molecule has 0 aromatic heterocycles. The van der Waals surface area contributed by atoms with Crippen LogP contribution in [0.25, 0.3) is 0 Å². The molecule has 134 valence electrons. The van der Waals surface area contributed by atoms with Crippen LogP contribution >= 0.6 is 24.0 Å². The van der Waals surface area contributed by atoms with Gasteiger partial charge >= 0.3 is 0 Å². The number of carbonyl (C=O) groups is 1. The minimum atomic E-state index is -0.453. The van der Waals surface area contributed by atoms with E-state index in [4.69, 9.17) is 16.3 Å². The van der Waals surface area contributed by atoms with Crippen molar-refractivity contribution < 1.29 is 9.53 Å². The average molecular weight is 373 g/mol. The molecule has 4 nitrogen and oxygen atoms in total. The molecular formula is C18H26Cl2N2O2. The zero-order chi connectivity index (χ0) is 16.2. The van der Waals surface area contributed by atoms with Gasteiger partial charge in [0.1, 0.15) is 5.75 Å². The fourth-order valence-corrected chi connectivity index (χ4v) is 3.82. The Labute approximate surface area is 155 Å². The number of nitrogens with one attached hydrogen (secondary N) is 1. The second-order valence-corrected chi connectivity index (χ2v) is 6.93. The first-order chi connectivity index (χ1) is 11.2. The topological polar surface area (TPSA) is 41.6 Å². The summed E-state index contributed by atoms with van der Waals surface area (Å²) in [6.07, 6.45) is 2.37. The summed E-state index contributed by atoms with van der Waals surface area (Å²) in [4.78, 5) is 14.8. The summed E-state index contributed by atoms with van der Waals surface area (Å²) in [6, 6.07) is 7.34. The van der Waals surface area contributed by atoms with Gasteiger partial charge in [-0.1, -0.05) is 30.7 Å². The first kappa shape index (κ1) is 19.4. The lowest BCUT2D eigenvalue weighted by atomic mass is 9.92. The number of carbonyl (C=O) groups excluding carboxylic acids is 1. The Morgan fingerprint density at radius 2 is 1.92 bits per heavy atom. The number of para-hydroxylation sites is 1. The average Bonchev–Trinajstić information content (AvgIpc) is 2.92. The summed E-state index contributed by atoms with van der Waals surface area (Å²) in [6.45, 7) is 5.85. The van der Waals surface area contributed by atoms with E-state index in [0.29, 0.717) is 17.2 Å². The number of ether oxygens (including phenoxy) is 1. The molecule has 2 saturated heterocycles. The molecule has 3 atom stereocenters. The molecule has 2 aliphatic rings. The van der Waals surface area contributed by atoms with E-state index in [1.807, 2.05) is 30.0 Å². The zero-order valence-corrected chi connectivity index (χ0v) is 15.6. The number of fused-ring (bicyclic) bond motifs is 1. The maximum absolute atomic E-state index is 12.9. The predicted molar refractivity (Wildman–Crippen MR) is 99.1 cm³/mol. The monoisotopic (exact) mass is 372 g/mol. The van der Waals surface area contributed by atoms with Crippen LogP contribution in [0, 0.1) is 11.8 Å². The van der Waals surface area contributed by atoms with Gasteiger partial charge in [-0.05, 0) is 56.3 Å². The maximum atomic E-state index is 12.9. The van der Waals surface area contributed by atoms with E-state index < -0.39 is 6.10 Å². The third-order valence-electron chi connectivity index (χ3n) is 5.08. The van der Waals surface area contributed by atoms with E-state index in [1.165, 1.54) is 0 Å². The number of nitrogens with zero attached hydrogens (tertiary/aromatic N) is 1. The first-order valence-corrected chi connectivity index (χ1v) is 8.97. The highest BCUT2D eigenvalue weighted by Crippen LogP contribution is 2.29. The molecule has 6 heteroatoms. The van der Waals surface area contributed by atoms with Crippen LogP contribution in [0.15, 0.2) is 24.3 Å². The quantitative estimate of drug-likeness (QED) is 0.880. The maximum Gasteiger partial charge on any atom is 0.263 e. The highest BCUT2D eigenvalue weighted by Gasteiger charge is 2.33. The second-order valence-electron chi connectivity index (χ2n) is 6.53. The van der Waals surface area contributed by atoms with Gasteiger partial charge in [0.2, 0.25) is 0 Å². The SMILES string of the molecule is CCC(Oc1ccccc1Cl)C(=O)N1CC[C@@H]2CNC[C@@H]2CC1.Cl. The molecule has 0 bridgehead atoms. The predicted octanol–water partition coefficient (Wildman–Crippen LogP) is 3.38. The highest BCUT2D eigenvalue weighted by molar-refractivity contribution is 6.32. The second kappa shape index (κ2) is 8.93. The van der Waals surface area contributed by atoms with Gasteiger partial charge in [0, 0.05) is 13.1 Å². The van der Waals surface area contributed by atoms with E-state index >= 15 is 0 Å². The normalized spacial score (nSPS) is 24.5. The van der Waals surface area contributed by atoms with Crippen molar-refractivity contribution in [1.82, 2.24) is 10.2 Å². The Morgan fingerprint density at radius 1 is 1.29 bits per heavy atom. The molecule has 1 N–H and O–H groups in total. The molecule has 0 spiro atoms. The van der Waals surface area contributed by atoms with Crippen LogP contribution in [-0.4, -0.2) is 43.1 Å². The molecule has 0 aliphatic carbocycles. The fourth-order valence-electron chi connectivity index (χ4n) is 3.64. The van der Waals surface area contributed by atoms with Crippen LogP contribution in [0.2, 0.25) is 5.02 Å². The number of halogens is 2. The van der Waals surface area contributed by atoms with Crippen molar-refractivity contribution in [2.24, 2.45) is 11.8 Å². The van der Waals surface area contributed by atoms with Gasteiger partial charge in [-0.2, -0.15) is 0 Å². The summed E-state index contributed by atoms with van der Waals surface area (Å²) in [5, 5.41) is 4.02. The van der Waals surface area contributed by atoms with Crippen molar-refractivity contribution in [3.63, 3.8) is 0 Å². The van der Waals surface area contributed by atoms with Crippen LogP contribution in [0.5, 0.6) is 5.75 Å². The molecule has 2 aliphatic heterocycles. The molecule has 24 heavy (non-hydrogen) atoms. The third kappa shape index (κ3) is 4.35. The van der Waals surface area contributed by atoms with E-state index in [1.54, 1.807) is 6.07 Å². The van der Waals surface area contributed by atoms with Gasteiger partial charge in [0.25, 0.3) is 5.91 Å². The Balaban J connectivity index is 0.00000208. The number of hydrogen-bond donors (Lipinski definition) is 1. The first-order valence-electron chi connectivity index (χ1n) is 8.59. The largest absolute Gasteiger partial charge is 0.479 e. The molecule has 0 radical (unpaired) electrons. The van der Waals surface area contributed by atoms with E-state index in [2.05, 4.69) is 5.32 Å². The van der Waals surface area contributed by atoms with Crippen molar-refractivity contribution >= 4 is 29.9 Å². The number of hydrogen-bond acceptors (Lipinski definition) is 3. The van der Waals surface area contributed by atoms with E-state index in [0.717, 1.165) is 50.9 Å². The van der Waals surface area contributed by atoms with Crippen LogP contribution in [0.1, 0.15) is 26.2 Å². The molecule has 1 amide bonds. The van der Waals surface area contributed by atoms with Crippen molar-refractivity contribution in [3.05, 3.63) is 29.3 Å². The number of amides is 1. The van der Waals surface area contributed by atoms with Gasteiger partial charge in [-0.15, -0.1) is 12.4 Å². The third-order valence-corrected chi connectivity index (χ3v) is 5.40. The molecule has 2 heterocycles. The summed E-state index contributed by atoms with van der Waals surface area (Å²) >= 11 is 6.15. The van der Waals surface area contributed by atoms with Crippen LogP contribution < -0.4 is 10.1 Å². The Morgan fingerprint density at radius 3 is 2.50 bits per heavy atom. The van der Waals surface area contributed by atoms with Crippen molar-refractivity contribution in [3.8, 4) is 5.75 Å². The Bertz CT molecular complexity index is 542. The summed E-state index contributed by atoms with van der Waals surface area (Å²) < 4.78 is 5.91. The molecule has 2 fully saturated rings. The van der Waals surface area contributed by atoms with Crippen LogP contribution in [-0.2, 0) is 4.79 Å². The molecule has 1 aromatic rings. The van der Waals surface area contributed by atoms with Crippen molar-refractivity contribution in [2.75, 3.05) is 26.2 Å². The number of rotatable bonds is 4. The molecule has 0 saturated carbocycles. The summed E-state index contributed by atoms with van der Waals surface area (Å²) in [5.74, 6) is 2.13. The smallest absolute Gasteiger partial charge is 0.263 e. The van der Waals surface area contributed by atoms with E-state index in [9.17, 15) is 4.79 Å². The zero-order valence-electron chi connectivity index (χ0n) is 14.0. The number of benzene rings is 1. The summed E-state index contributed by atoms with van der Waals surface area (Å²) in [7, 11) is 0. The van der Waals surface area contributed by atoms with Crippen molar-refractivity contribution in [1.29, 1.82) is 0 Å². The standard InChI is InChI=1S/C18H25ClN2O2.ClH/c1-2-16(23-17-6-4-3-5-15(17)19)18(22)21-9-7-13-11-20-12-14(13)8-10-21;/h3-6,13-14,16,20H,2,7-12H2,1H3;1H/t13-,14+,16?;. The lowest BCUT2D eigenvalue weighted by Crippen LogP contribution is -2.42. The van der Waals surface area contributed by atoms with Gasteiger partial charge in [0.05, 0.1) is 5.02 Å². The minimum Gasteiger partial charge on any atom is -0.479 e. The van der Waals surface area contributed by atoms with Crippen LogP contribution in [0.4, 0.5) is 0 Å². The molecule has 3 rings (SSSR count). The highest BCUT2D eigenvalue weighted by atomic mass is 35.5. The van der Waals surface area contributed by atoms with Gasteiger partial charge in [-0.25, -0.2) is 0 Å². The molecular weight excluding hydrogens is 347 g/mol. The lowest BCUT2D eigenvalue weighted by Gasteiger charge is -2.26.